The summed E-state index contributed by atoms with van der Waals surface area (Å²) in [6.45, 7) is 2.20. The van der Waals surface area contributed by atoms with Crippen LogP contribution in [0.1, 0.15) is 71.1 Å². The SMILES string of the molecule is CC=CC[PH](c1ccccc1-c1c(OC)cccc1OC)(C1CCCCC1)C1CCCCC1.[Pd+2]. The van der Waals surface area contributed by atoms with E-state index in [1.165, 1.54) is 75.9 Å². The van der Waals surface area contributed by atoms with Gasteiger partial charge in [-0.25, -0.2) is 0 Å². The quantitative estimate of drug-likeness (QED) is 0.181. The van der Waals surface area contributed by atoms with Gasteiger partial charge in [0.2, 0.25) is 0 Å². The standard InChI is InChI=1S/C30H43O2P.Pd/c1-4-5-23-33(24-15-8-6-9-16-24,25-17-10-7-11-18-25)29-22-13-12-19-26(29)30-27(31-2)20-14-21-28(30)32-3;/h4-5,12-14,19-22,24-25,33H,6-11,15-18,23H2,1-3H3;/q;+2. The maximum atomic E-state index is 5.90. The summed E-state index contributed by atoms with van der Waals surface area (Å²) in [5.74, 6) is 1.84. The Morgan fingerprint density at radius 3 is 1.79 bits per heavy atom. The first-order chi connectivity index (χ1) is 16.3. The van der Waals surface area contributed by atoms with Crippen LogP contribution in [-0.2, 0) is 20.4 Å². The van der Waals surface area contributed by atoms with Crippen LogP contribution >= 0.6 is 7.26 Å². The van der Waals surface area contributed by atoms with Gasteiger partial charge in [-0.1, -0.05) is 0 Å². The van der Waals surface area contributed by atoms with Crippen LogP contribution in [0.4, 0.5) is 0 Å². The second-order valence-electron chi connectivity index (χ2n) is 10.1. The largest absolute Gasteiger partial charge is 2.00 e. The van der Waals surface area contributed by atoms with Gasteiger partial charge >= 0.3 is 223 Å². The number of benzene rings is 2. The number of rotatable bonds is 8. The fraction of sp³-hybridized carbons (Fsp3) is 0.533. The van der Waals surface area contributed by atoms with Crippen LogP contribution in [0.25, 0.3) is 11.1 Å². The number of hydrogen-bond acceptors (Lipinski definition) is 2. The predicted octanol–water partition coefficient (Wildman–Crippen LogP) is 7.99. The van der Waals surface area contributed by atoms with Gasteiger partial charge in [0, 0.05) is 0 Å². The Labute approximate surface area is 221 Å². The zero-order chi connectivity index (χ0) is 23.1. The molecule has 2 fully saturated rings. The molecule has 0 atom stereocenters. The first kappa shape index (κ1) is 27.5. The molecule has 0 amide bonds. The molecule has 188 valence electrons. The molecule has 2 nitrogen and oxygen atoms in total. The van der Waals surface area contributed by atoms with Gasteiger partial charge in [-0.3, -0.25) is 0 Å². The van der Waals surface area contributed by atoms with Gasteiger partial charge in [0.15, 0.2) is 0 Å². The topological polar surface area (TPSA) is 18.5 Å². The third kappa shape index (κ3) is 5.48. The van der Waals surface area contributed by atoms with Gasteiger partial charge in [0.05, 0.1) is 0 Å². The maximum absolute atomic E-state index is 5.90. The van der Waals surface area contributed by atoms with Crippen LogP contribution in [0.3, 0.4) is 0 Å². The Morgan fingerprint density at radius 1 is 0.765 bits per heavy atom. The van der Waals surface area contributed by atoms with E-state index in [9.17, 15) is 0 Å². The molecule has 0 radical (unpaired) electrons. The first-order valence-electron chi connectivity index (χ1n) is 13.2. The van der Waals surface area contributed by atoms with Gasteiger partial charge in [-0.15, -0.1) is 0 Å². The Kier molecular flexibility index (Phi) is 10.7. The van der Waals surface area contributed by atoms with E-state index >= 15 is 0 Å². The van der Waals surface area contributed by atoms with E-state index in [2.05, 4.69) is 55.5 Å². The number of ether oxygens (including phenoxy) is 2. The Morgan fingerprint density at radius 2 is 1.29 bits per heavy atom. The molecule has 34 heavy (non-hydrogen) atoms. The van der Waals surface area contributed by atoms with Gasteiger partial charge in [0.25, 0.3) is 0 Å². The van der Waals surface area contributed by atoms with Crippen molar-refractivity contribution in [3.63, 3.8) is 0 Å². The van der Waals surface area contributed by atoms with Crippen molar-refractivity contribution in [2.75, 3.05) is 20.4 Å². The van der Waals surface area contributed by atoms with Gasteiger partial charge in [0.1, 0.15) is 0 Å². The van der Waals surface area contributed by atoms with Crippen molar-refractivity contribution in [1.29, 1.82) is 0 Å². The van der Waals surface area contributed by atoms with E-state index in [4.69, 9.17) is 9.47 Å². The van der Waals surface area contributed by atoms with Crippen molar-refractivity contribution in [2.45, 2.75) is 82.4 Å². The van der Waals surface area contributed by atoms with Crippen LogP contribution in [0.2, 0.25) is 0 Å². The van der Waals surface area contributed by atoms with E-state index in [1.807, 2.05) is 6.07 Å². The molecule has 0 N–H and O–H groups in total. The van der Waals surface area contributed by atoms with Crippen LogP contribution < -0.4 is 14.8 Å². The van der Waals surface area contributed by atoms with Crippen LogP contribution in [-0.4, -0.2) is 31.7 Å². The molecule has 2 aromatic rings. The number of allylic oxidation sites excluding steroid dienone is 2. The Hall–Kier alpha value is -1.13. The summed E-state index contributed by atoms with van der Waals surface area (Å²) in [6.07, 6.45) is 20.2. The summed E-state index contributed by atoms with van der Waals surface area (Å²) in [4.78, 5) is 0. The third-order valence-corrected chi connectivity index (χ3v) is 14.9. The summed E-state index contributed by atoms with van der Waals surface area (Å²) in [6, 6.07) is 15.6. The van der Waals surface area contributed by atoms with Gasteiger partial charge < -0.3 is 0 Å². The van der Waals surface area contributed by atoms with Crippen molar-refractivity contribution in [2.24, 2.45) is 0 Å². The summed E-state index contributed by atoms with van der Waals surface area (Å²) in [7, 11) is 1.68. The zero-order valence-corrected chi connectivity index (χ0v) is 23.8. The smallest absolute Gasteiger partial charge is 2.00 e. The summed E-state index contributed by atoms with van der Waals surface area (Å²) in [5, 5.41) is 1.66. The second kappa shape index (κ2) is 13.3. The van der Waals surface area contributed by atoms with E-state index in [1.54, 1.807) is 19.5 Å². The molecule has 0 bridgehead atoms. The van der Waals surface area contributed by atoms with E-state index in [-0.39, 0.29) is 20.4 Å². The molecule has 0 heterocycles. The average Bonchev–Trinajstić information content (AvgIpc) is 2.90. The molecule has 2 aromatic carbocycles. The van der Waals surface area contributed by atoms with Gasteiger partial charge in [-0.2, -0.15) is 0 Å². The molecule has 0 aliphatic heterocycles. The first-order valence-corrected chi connectivity index (χ1v) is 15.5. The molecule has 4 heteroatoms. The number of hydrogen-bond donors (Lipinski definition) is 0. The Bertz CT molecular complexity index is 889. The Balaban J connectivity index is 0.00000324. The van der Waals surface area contributed by atoms with Crippen molar-refractivity contribution in [1.82, 2.24) is 0 Å². The monoisotopic (exact) mass is 572 g/mol. The van der Waals surface area contributed by atoms with Gasteiger partial charge in [-0.05, 0) is 0 Å². The normalized spacial score (nSPS) is 18.4. The fourth-order valence-electron chi connectivity index (χ4n) is 6.99. The summed E-state index contributed by atoms with van der Waals surface area (Å²) < 4.78 is 11.8. The molecule has 0 saturated heterocycles. The molecule has 2 aliphatic carbocycles. The average molecular weight is 573 g/mol. The minimum atomic E-state index is -1.89. The third-order valence-electron chi connectivity index (χ3n) is 8.48. The maximum Gasteiger partial charge on any atom is 2.00 e. The van der Waals surface area contributed by atoms with Crippen molar-refractivity contribution >= 4 is 12.6 Å². The van der Waals surface area contributed by atoms with Crippen molar-refractivity contribution in [3.05, 3.63) is 54.6 Å². The van der Waals surface area contributed by atoms with Crippen LogP contribution in [0, 0.1) is 0 Å². The zero-order valence-electron chi connectivity index (χ0n) is 21.3. The molecule has 2 saturated carbocycles. The minimum absolute atomic E-state index is 0. The minimum Gasteiger partial charge on any atom is 2.00 e. The molecular formula is C30H43O2PPd+2. The van der Waals surface area contributed by atoms with Crippen LogP contribution in [0.15, 0.2) is 54.6 Å². The molecular weight excluding hydrogens is 530 g/mol. The second-order valence-corrected chi connectivity index (χ2v) is 14.7. The molecule has 2 aliphatic rings. The fourth-order valence-corrected chi connectivity index (χ4v) is 14.0. The van der Waals surface area contributed by atoms with Crippen molar-refractivity contribution in [3.8, 4) is 22.6 Å². The molecule has 0 aromatic heterocycles. The number of methoxy groups -OCH3 is 2. The van der Waals surface area contributed by atoms with E-state index in [0.29, 0.717) is 0 Å². The van der Waals surface area contributed by atoms with Crippen LogP contribution in [0.5, 0.6) is 11.5 Å². The molecule has 0 unspecified atom stereocenters. The molecule has 4 rings (SSSR count). The predicted molar refractivity (Wildman–Crippen MR) is 146 cm³/mol. The summed E-state index contributed by atoms with van der Waals surface area (Å²) in [5.41, 5.74) is 4.24. The molecule has 0 spiro atoms. The van der Waals surface area contributed by atoms with E-state index in [0.717, 1.165) is 28.4 Å². The van der Waals surface area contributed by atoms with E-state index < -0.39 is 7.26 Å². The summed E-state index contributed by atoms with van der Waals surface area (Å²) >= 11 is 0. The van der Waals surface area contributed by atoms with Crippen molar-refractivity contribution < 1.29 is 29.9 Å².